The van der Waals surface area contributed by atoms with E-state index in [-0.39, 0.29) is 6.61 Å². The predicted molar refractivity (Wildman–Crippen MR) is 86.0 cm³/mol. The summed E-state index contributed by atoms with van der Waals surface area (Å²) in [6, 6.07) is 0. The van der Waals surface area contributed by atoms with Crippen LogP contribution in [-0.4, -0.2) is 47.8 Å². The molecule has 0 saturated carbocycles. The first kappa shape index (κ1) is 18.7. The summed E-state index contributed by atoms with van der Waals surface area (Å²) in [5.41, 5.74) is 2.96. The normalized spacial score (nSPS) is 30.1. The van der Waals surface area contributed by atoms with Crippen LogP contribution in [0.1, 0.15) is 41.5 Å². The summed E-state index contributed by atoms with van der Waals surface area (Å²) in [5, 5.41) is 29.8. The smallest absolute Gasteiger partial charge is 0.181 e. The van der Waals surface area contributed by atoms with Crippen LogP contribution < -0.4 is 0 Å². The molecule has 1 aliphatic rings. The molecule has 3 N–H and O–H groups in total. The molecule has 1 radical (unpaired) electrons. The van der Waals surface area contributed by atoms with Crippen LogP contribution >= 0.6 is 0 Å². The minimum Gasteiger partial charge on any atom is -0.394 e. The highest BCUT2D eigenvalue weighted by molar-refractivity contribution is 6.90. The van der Waals surface area contributed by atoms with E-state index in [4.69, 9.17) is 4.74 Å². The maximum absolute atomic E-state index is 10.6. The fraction of sp³-hybridized carbons (Fsp3) is 0.812. The average molecular weight is 313 g/mol. The van der Waals surface area contributed by atoms with Crippen molar-refractivity contribution in [3.63, 3.8) is 0 Å². The Morgan fingerprint density at radius 1 is 1.14 bits per heavy atom. The number of rotatable bonds is 4. The van der Waals surface area contributed by atoms with Crippen LogP contribution in [-0.2, 0) is 4.74 Å². The van der Waals surface area contributed by atoms with E-state index in [2.05, 4.69) is 53.0 Å². The number of aliphatic hydroxyl groups is 3. The molecule has 1 saturated heterocycles. The first-order chi connectivity index (χ1) is 9.62. The Morgan fingerprint density at radius 3 is 2.00 bits per heavy atom. The lowest BCUT2D eigenvalue weighted by molar-refractivity contribution is -0.0510. The highest BCUT2D eigenvalue weighted by Gasteiger charge is 2.50. The third-order valence-electron chi connectivity index (χ3n) is 4.82. The molecule has 1 aliphatic heterocycles. The molecule has 0 aliphatic carbocycles. The van der Waals surface area contributed by atoms with Gasteiger partial charge in [-0.15, -0.1) is 5.54 Å². The average Bonchev–Trinajstić information content (AvgIpc) is 2.65. The lowest BCUT2D eigenvalue weighted by Crippen LogP contribution is -2.49. The summed E-state index contributed by atoms with van der Waals surface area (Å²) in [6.45, 7) is 13.9. The molecular weight excluding hydrogens is 284 g/mol. The molecule has 1 heterocycles. The van der Waals surface area contributed by atoms with Crippen molar-refractivity contribution in [2.45, 2.75) is 76.0 Å². The predicted octanol–water partition coefficient (Wildman–Crippen LogP) is 1.85. The second-order valence-electron chi connectivity index (χ2n) is 6.86. The van der Waals surface area contributed by atoms with Gasteiger partial charge in [0.25, 0.3) is 0 Å². The zero-order valence-corrected chi connectivity index (χ0v) is 14.9. The number of hydrogen-bond donors (Lipinski definition) is 3. The third kappa shape index (κ3) is 3.20. The first-order valence-corrected chi connectivity index (χ1v) is 9.90. The zero-order valence-electron chi connectivity index (χ0n) is 13.9. The molecule has 21 heavy (non-hydrogen) atoms. The molecule has 0 bridgehead atoms. The van der Waals surface area contributed by atoms with Gasteiger partial charge in [0.05, 0.1) is 6.61 Å². The van der Waals surface area contributed by atoms with E-state index in [9.17, 15) is 15.3 Å². The molecule has 5 heteroatoms. The van der Waals surface area contributed by atoms with Gasteiger partial charge in [0.2, 0.25) is 0 Å². The van der Waals surface area contributed by atoms with E-state index < -0.39 is 25.9 Å². The summed E-state index contributed by atoms with van der Waals surface area (Å²) >= 11 is 0. The maximum atomic E-state index is 10.6. The van der Waals surface area contributed by atoms with Gasteiger partial charge < -0.3 is 20.1 Å². The van der Waals surface area contributed by atoms with Crippen LogP contribution in [0.3, 0.4) is 0 Å². The first-order valence-electron chi connectivity index (χ1n) is 7.67. The summed E-state index contributed by atoms with van der Waals surface area (Å²) < 4.78 is 5.11. The SMILES string of the molecule is CC(C)[Si](C#C[C@]1(O)[C@@H](O)[CH]O[C@@H]1CO)(C(C)C)C(C)C. The van der Waals surface area contributed by atoms with Crippen LogP contribution in [0.2, 0.25) is 16.6 Å². The van der Waals surface area contributed by atoms with Crippen molar-refractivity contribution in [3.05, 3.63) is 6.61 Å². The van der Waals surface area contributed by atoms with Gasteiger partial charge in [-0.2, -0.15) is 0 Å². The number of hydrogen-bond acceptors (Lipinski definition) is 4. The van der Waals surface area contributed by atoms with Gasteiger partial charge in [-0.05, 0) is 16.6 Å². The Bertz CT molecular complexity index is 388. The molecule has 0 amide bonds. The van der Waals surface area contributed by atoms with Crippen molar-refractivity contribution in [1.29, 1.82) is 0 Å². The van der Waals surface area contributed by atoms with Crippen molar-refractivity contribution in [1.82, 2.24) is 0 Å². The molecule has 1 fully saturated rings. The van der Waals surface area contributed by atoms with E-state index >= 15 is 0 Å². The van der Waals surface area contributed by atoms with Crippen molar-refractivity contribution in [2.75, 3.05) is 6.61 Å². The van der Waals surface area contributed by atoms with Crippen LogP contribution in [0, 0.1) is 18.1 Å². The summed E-state index contributed by atoms with van der Waals surface area (Å²) in [6.07, 6.45) is -2.08. The molecule has 0 spiro atoms. The fourth-order valence-electron chi connectivity index (χ4n) is 3.55. The summed E-state index contributed by atoms with van der Waals surface area (Å²) in [4.78, 5) is 0. The van der Waals surface area contributed by atoms with Crippen LogP contribution in [0.15, 0.2) is 0 Å². The van der Waals surface area contributed by atoms with E-state index in [1.54, 1.807) is 0 Å². The second-order valence-corrected chi connectivity index (χ2v) is 12.4. The molecule has 0 unspecified atom stereocenters. The van der Waals surface area contributed by atoms with Crippen LogP contribution in [0.25, 0.3) is 0 Å². The van der Waals surface area contributed by atoms with Crippen LogP contribution in [0.5, 0.6) is 0 Å². The lowest BCUT2D eigenvalue weighted by atomic mass is 9.95. The van der Waals surface area contributed by atoms with Gasteiger partial charge in [0.1, 0.15) is 26.9 Å². The highest BCUT2D eigenvalue weighted by Crippen LogP contribution is 2.41. The van der Waals surface area contributed by atoms with Gasteiger partial charge in [-0.1, -0.05) is 47.5 Å². The monoisotopic (exact) mass is 313 g/mol. The molecule has 121 valence electrons. The Hall–Kier alpha value is -0.383. The molecule has 0 aromatic rings. The Balaban J connectivity index is 3.27. The van der Waals surface area contributed by atoms with Gasteiger partial charge in [-0.3, -0.25) is 0 Å². The Kier molecular flexibility index (Phi) is 6.05. The molecule has 1 rings (SSSR count). The zero-order chi connectivity index (χ0) is 16.4. The van der Waals surface area contributed by atoms with E-state index in [1.807, 2.05) is 0 Å². The molecule has 4 nitrogen and oxygen atoms in total. The molecular formula is C16H29O4Si. The third-order valence-corrected chi connectivity index (χ3v) is 11.1. The minimum atomic E-state index is -2.00. The Morgan fingerprint density at radius 2 is 1.62 bits per heavy atom. The summed E-state index contributed by atoms with van der Waals surface area (Å²) in [7, 11) is -2.00. The van der Waals surface area contributed by atoms with Gasteiger partial charge in [0, 0.05) is 0 Å². The van der Waals surface area contributed by atoms with Crippen molar-refractivity contribution in [3.8, 4) is 11.5 Å². The largest absolute Gasteiger partial charge is 0.394 e. The van der Waals surface area contributed by atoms with E-state index in [1.165, 1.54) is 0 Å². The van der Waals surface area contributed by atoms with Crippen molar-refractivity contribution in [2.24, 2.45) is 0 Å². The Labute approximate surface area is 129 Å². The standard InChI is InChI=1S/C16H29O4Si/c1-11(2)21(12(3)4,13(5)6)8-7-16(19)14(18)10-20-15(16)9-17/h10-15,17-19H,9H2,1-6H3/t14-,15+,16-/m0/s1. The quantitative estimate of drug-likeness (QED) is 0.547. The maximum Gasteiger partial charge on any atom is 0.181 e. The van der Waals surface area contributed by atoms with E-state index in [0.717, 1.165) is 6.61 Å². The van der Waals surface area contributed by atoms with Gasteiger partial charge in [-0.25, -0.2) is 0 Å². The second kappa shape index (κ2) is 6.80. The van der Waals surface area contributed by atoms with Gasteiger partial charge in [0.15, 0.2) is 5.60 Å². The number of aliphatic hydroxyl groups excluding tert-OH is 2. The highest BCUT2D eigenvalue weighted by atomic mass is 28.3. The van der Waals surface area contributed by atoms with Gasteiger partial charge >= 0.3 is 0 Å². The lowest BCUT2D eigenvalue weighted by Gasteiger charge is -2.38. The molecule has 0 aromatic carbocycles. The minimum absolute atomic E-state index is 0.377. The van der Waals surface area contributed by atoms with Crippen molar-refractivity contribution < 1.29 is 20.1 Å². The number of ether oxygens (including phenoxy) is 1. The molecule has 3 atom stereocenters. The summed E-state index contributed by atoms with van der Waals surface area (Å²) in [5.74, 6) is 2.89. The van der Waals surface area contributed by atoms with Crippen LogP contribution in [0.4, 0.5) is 0 Å². The topological polar surface area (TPSA) is 69.9 Å². The van der Waals surface area contributed by atoms with E-state index in [0.29, 0.717) is 16.6 Å². The van der Waals surface area contributed by atoms with Crippen molar-refractivity contribution >= 4 is 8.07 Å². The molecule has 0 aromatic heterocycles. The fourth-order valence-corrected chi connectivity index (χ4v) is 8.83.